The zero-order chi connectivity index (χ0) is 8.60. The Morgan fingerprint density at radius 3 is 2.25 bits per heavy atom. The summed E-state index contributed by atoms with van der Waals surface area (Å²) in [6.07, 6.45) is 2.05. The van der Waals surface area contributed by atoms with Crippen LogP contribution in [-0.4, -0.2) is 3.79 Å². The molecule has 0 aliphatic heterocycles. The van der Waals surface area contributed by atoms with Gasteiger partial charge in [-0.2, -0.15) is 0 Å². The summed E-state index contributed by atoms with van der Waals surface area (Å²) in [5, 5.41) is 0. The molecule has 1 aliphatic carbocycles. The normalized spacial score (nSPS) is 18.8. The van der Waals surface area contributed by atoms with E-state index in [9.17, 15) is 4.79 Å². The summed E-state index contributed by atoms with van der Waals surface area (Å²) in [4.78, 5) is 11.3. The van der Waals surface area contributed by atoms with Crippen LogP contribution in [0.15, 0.2) is 30.3 Å². The van der Waals surface area contributed by atoms with Gasteiger partial charge in [-0.05, 0) is 18.4 Å². The first kappa shape index (κ1) is 8.23. The summed E-state index contributed by atoms with van der Waals surface area (Å²) in [6.45, 7) is 0. The van der Waals surface area contributed by atoms with Gasteiger partial charge >= 0.3 is 0 Å². The second kappa shape index (κ2) is 2.83. The van der Waals surface area contributed by atoms with Crippen LogP contribution in [0.25, 0.3) is 0 Å². The van der Waals surface area contributed by atoms with E-state index in [1.165, 1.54) is 5.56 Å². The third-order valence-corrected chi connectivity index (χ3v) is 3.49. The Kier molecular flexibility index (Phi) is 1.94. The highest BCUT2D eigenvalue weighted by atomic mass is 127. The molecule has 1 fully saturated rings. The van der Waals surface area contributed by atoms with Crippen molar-refractivity contribution in [3.8, 4) is 0 Å². The summed E-state index contributed by atoms with van der Waals surface area (Å²) < 4.78 is 0.284. The predicted molar refractivity (Wildman–Crippen MR) is 56.4 cm³/mol. The van der Waals surface area contributed by atoms with Gasteiger partial charge in [0.25, 0.3) is 0 Å². The van der Waals surface area contributed by atoms with Gasteiger partial charge in [-0.15, -0.1) is 0 Å². The van der Waals surface area contributed by atoms with Crippen molar-refractivity contribution in [2.45, 2.75) is 18.3 Å². The molecule has 0 saturated heterocycles. The Balaban J connectivity index is 2.37. The van der Waals surface area contributed by atoms with E-state index in [4.69, 9.17) is 0 Å². The van der Waals surface area contributed by atoms with Gasteiger partial charge in [0.05, 0.1) is 5.41 Å². The van der Waals surface area contributed by atoms with E-state index in [0.717, 1.165) is 12.8 Å². The molecule has 0 spiro atoms. The van der Waals surface area contributed by atoms with Crippen molar-refractivity contribution in [1.82, 2.24) is 0 Å². The molecule has 0 N–H and O–H groups in total. The fraction of sp³-hybridized carbons (Fsp3) is 0.300. The van der Waals surface area contributed by atoms with Crippen molar-refractivity contribution in [3.63, 3.8) is 0 Å². The molecule has 0 amide bonds. The molecule has 1 nitrogen and oxygen atoms in total. The zero-order valence-corrected chi connectivity index (χ0v) is 8.74. The molecule has 0 bridgehead atoms. The maximum absolute atomic E-state index is 11.3. The molecular formula is C10H9IO. The second-order valence-electron chi connectivity index (χ2n) is 3.22. The summed E-state index contributed by atoms with van der Waals surface area (Å²) in [6, 6.07) is 10.1. The lowest BCUT2D eigenvalue weighted by atomic mass is 9.98. The minimum atomic E-state index is -0.109. The molecule has 1 aromatic rings. The fourth-order valence-electron chi connectivity index (χ4n) is 1.48. The minimum absolute atomic E-state index is 0.109. The number of hydrogen-bond donors (Lipinski definition) is 0. The van der Waals surface area contributed by atoms with Gasteiger partial charge in [-0.25, -0.2) is 0 Å². The van der Waals surface area contributed by atoms with Gasteiger partial charge in [0.15, 0.2) is 0 Å². The number of carbonyl (C=O) groups excluding carboxylic acids is 1. The third-order valence-electron chi connectivity index (χ3n) is 2.45. The van der Waals surface area contributed by atoms with Crippen LogP contribution in [0.3, 0.4) is 0 Å². The van der Waals surface area contributed by atoms with Gasteiger partial charge in [-0.1, -0.05) is 30.3 Å². The van der Waals surface area contributed by atoms with Crippen LogP contribution in [0, 0.1) is 0 Å². The number of rotatable bonds is 2. The molecular weight excluding hydrogens is 263 g/mol. The van der Waals surface area contributed by atoms with Crippen LogP contribution in [0.4, 0.5) is 0 Å². The third kappa shape index (κ3) is 1.18. The lowest BCUT2D eigenvalue weighted by Crippen LogP contribution is -2.13. The first-order valence-corrected chi connectivity index (χ1v) is 5.09. The Bertz CT molecular complexity index is 301. The highest BCUT2D eigenvalue weighted by Crippen LogP contribution is 2.50. The minimum Gasteiger partial charge on any atom is -0.287 e. The standard InChI is InChI=1S/C10H9IO/c11-9(12)10(6-7-10)8-4-2-1-3-5-8/h1-5H,6-7H2. The smallest absolute Gasteiger partial charge is 0.202 e. The first-order valence-electron chi connectivity index (χ1n) is 4.01. The van der Waals surface area contributed by atoms with E-state index in [2.05, 4.69) is 0 Å². The summed E-state index contributed by atoms with van der Waals surface area (Å²) in [7, 11) is 0. The second-order valence-corrected chi connectivity index (χ2v) is 4.20. The molecule has 1 saturated carbocycles. The van der Waals surface area contributed by atoms with E-state index in [0.29, 0.717) is 0 Å². The number of halogens is 1. The van der Waals surface area contributed by atoms with Crippen LogP contribution in [-0.2, 0) is 10.2 Å². The fourth-order valence-corrected chi connectivity index (χ4v) is 2.33. The van der Waals surface area contributed by atoms with E-state index in [1.807, 2.05) is 52.9 Å². The van der Waals surface area contributed by atoms with Crippen LogP contribution < -0.4 is 0 Å². The highest BCUT2D eigenvalue weighted by Gasteiger charge is 2.49. The molecule has 2 rings (SSSR count). The summed E-state index contributed by atoms with van der Waals surface area (Å²) in [5.74, 6) is 0. The lowest BCUT2D eigenvalue weighted by molar-refractivity contribution is -0.111. The Hall–Kier alpha value is -0.380. The van der Waals surface area contributed by atoms with Crippen LogP contribution in [0.2, 0.25) is 0 Å². The maximum Gasteiger partial charge on any atom is 0.202 e. The average molecular weight is 272 g/mol. The highest BCUT2D eigenvalue weighted by molar-refractivity contribution is 14.1. The number of carbonyl (C=O) groups is 1. The largest absolute Gasteiger partial charge is 0.287 e. The molecule has 0 radical (unpaired) electrons. The van der Waals surface area contributed by atoms with Gasteiger partial charge < -0.3 is 0 Å². The molecule has 0 heterocycles. The van der Waals surface area contributed by atoms with Crippen LogP contribution >= 0.6 is 22.6 Å². The van der Waals surface area contributed by atoms with Crippen molar-refractivity contribution in [2.75, 3.05) is 0 Å². The van der Waals surface area contributed by atoms with Crippen molar-refractivity contribution in [3.05, 3.63) is 35.9 Å². The number of benzene rings is 1. The maximum atomic E-state index is 11.3. The molecule has 0 aromatic heterocycles. The van der Waals surface area contributed by atoms with E-state index in [1.54, 1.807) is 0 Å². The number of hydrogen-bond acceptors (Lipinski definition) is 1. The van der Waals surface area contributed by atoms with Crippen molar-refractivity contribution >= 4 is 26.4 Å². The van der Waals surface area contributed by atoms with Gasteiger partial charge in [0.1, 0.15) is 0 Å². The Morgan fingerprint density at radius 2 is 1.83 bits per heavy atom. The van der Waals surface area contributed by atoms with Crippen LogP contribution in [0.1, 0.15) is 18.4 Å². The summed E-state index contributed by atoms with van der Waals surface area (Å²) in [5.41, 5.74) is 1.08. The molecule has 0 unspecified atom stereocenters. The SMILES string of the molecule is O=C(I)C1(c2ccccc2)CC1. The molecule has 0 atom stereocenters. The predicted octanol–water partition coefficient (Wildman–Crippen LogP) is 2.68. The average Bonchev–Trinajstić information content (AvgIpc) is 2.86. The monoisotopic (exact) mass is 272 g/mol. The summed E-state index contributed by atoms with van der Waals surface area (Å²) >= 11 is 1.91. The lowest BCUT2D eigenvalue weighted by Gasteiger charge is -2.09. The van der Waals surface area contributed by atoms with Gasteiger partial charge in [0.2, 0.25) is 3.79 Å². The van der Waals surface area contributed by atoms with Crippen molar-refractivity contribution in [1.29, 1.82) is 0 Å². The molecule has 2 heteroatoms. The van der Waals surface area contributed by atoms with Crippen molar-refractivity contribution in [2.24, 2.45) is 0 Å². The van der Waals surface area contributed by atoms with E-state index in [-0.39, 0.29) is 9.20 Å². The van der Waals surface area contributed by atoms with Gasteiger partial charge in [-0.3, -0.25) is 4.79 Å². The van der Waals surface area contributed by atoms with Crippen LogP contribution in [0.5, 0.6) is 0 Å². The zero-order valence-electron chi connectivity index (χ0n) is 6.59. The van der Waals surface area contributed by atoms with Crippen molar-refractivity contribution < 1.29 is 4.79 Å². The van der Waals surface area contributed by atoms with E-state index < -0.39 is 0 Å². The molecule has 1 aromatic carbocycles. The molecule has 12 heavy (non-hydrogen) atoms. The topological polar surface area (TPSA) is 17.1 Å². The molecule has 62 valence electrons. The molecule has 1 aliphatic rings. The Morgan fingerprint density at radius 1 is 1.25 bits per heavy atom. The van der Waals surface area contributed by atoms with Gasteiger partial charge in [0, 0.05) is 22.6 Å². The quantitative estimate of drug-likeness (QED) is 0.597. The Labute approximate surface area is 85.3 Å². The first-order chi connectivity index (χ1) is 5.76. The van der Waals surface area contributed by atoms with E-state index >= 15 is 0 Å².